The molecule has 12 aromatic carbocycles. The van der Waals surface area contributed by atoms with Gasteiger partial charge in [-0.3, -0.25) is 0 Å². The van der Waals surface area contributed by atoms with Gasteiger partial charge in [-0.15, -0.1) is 0 Å². The van der Waals surface area contributed by atoms with Crippen LogP contribution in [-0.2, 0) is 10.8 Å². The quantitative estimate of drug-likeness (QED) is 0.114. The first-order valence-electron chi connectivity index (χ1n) is 28.5. The van der Waals surface area contributed by atoms with E-state index in [2.05, 4.69) is 351 Å². The summed E-state index contributed by atoms with van der Waals surface area (Å²) < 4.78 is 0. The van der Waals surface area contributed by atoms with Gasteiger partial charge in [0.25, 0.3) is 0 Å². The van der Waals surface area contributed by atoms with Crippen LogP contribution in [0.15, 0.2) is 303 Å². The molecule has 0 heterocycles. The summed E-state index contributed by atoms with van der Waals surface area (Å²) in [7, 11) is 0. The first-order chi connectivity index (χ1) is 40.2. The topological polar surface area (TPSA) is 13.0 Å². The first-order valence-corrected chi connectivity index (χ1v) is 28.5. The monoisotopic (exact) mass is 1050 g/mol. The van der Waals surface area contributed by atoms with Crippen molar-refractivity contribution in [1.29, 1.82) is 0 Å². The fourth-order valence-corrected chi connectivity index (χ4v) is 12.9. The summed E-state index contributed by atoms with van der Waals surface area (Å²) in [5, 5.41) is 0. The molecule has 0 spiro atoms. The summed E-state index contributed by atoms with van der Waals surface area (Å²) in [6, 6.07) is 110. The fourth-order valence-electron chi connectivity index (χ4n) is 12.9. The van der Waals surface area contributed by atoms with E-state index >= 15 is 0 Å². The molecule has 0 aliphatic heterocycles. The van der Waals surface area contributed by atoms with Crippen LogP contribution in [0.5, 0.6) is 0 Å². The van der Waals surface area contributed by atoms with Gasteiger partial charge < -0.3 is 19.6 Å². The Morgan fingerprint density at radius 3 is 0.683 bits per heavy atom. The standard InChI is InChI=1S/C78H62N4/c1-77(2)73-31-19-17-29-69(73)71-51-49-67(53-75(71)77)81(59-25-13-7-14-26-59)62-39-35-56(36-40-62)55-33-37-61(38-34-55)79(57-21-9-5-10-22-57)63-41-43-64(44-42-63)80(58-23-11-6-12-24-58)65-45-47-66(48-46-65)82(60-27-15-8-16-28-60)68-50-52-72-70-30-18-20-32-74(70)78(3,4)76(72)54-68/h5-54H,1-4H3. The Bertz CT molecular complexity index is 4230. The molecule has 0 amide bonds. The maximum Gasteiger partial charge on any atom is 0.0465 e. The minimum Gasteiger partial charge on any atom is -0.311 e. The van der Waals surface area contributed by atoms with Gasteiger partial charge in [0.1, 0.15) is 0 Å². The Balaban J connectivity index is 0.755. The molecule has 14 rings (SSSR count). The molecule has 0 aromatic heterocycles. The van der Waals surface area contributed by atoms with Crippen molar-refractivity contribution in [2.24, 2.45) is 0 Å². The summed E-state index contributed by atoms with van der Waals surface area (Å²) in [5.41, 5.74) is 26.0. The van der Waals surface area contributed by atoms with Gasteiger partial charge in [-0.2, -0.15) is 0 Å². The van der Waals surface area contributed by atoms with E-state index in [1.54, 1.807) is 0 Å². The van der Waals surface area contributed by atoms with Crippen molar-refractivity contribution in [3.63, 3.8) is 0 Å². The number of benzene rings is 12. The van der Waals surface area contributed by atoms with E-state index in [1.807, 2.05) is 0 Å². The maximum atomic E-state index is 2.40. The highest BCUT2D eigenvalue weighted by atomic mass is 15.2. The second-order valence-electron chi connectivity index (χ2n) is 22.6. The predicted molar refractivity (Wildman–Crippen MR) is 346 cm³/mol. The molecule has 2 aliphatic rings. The number of nitrogens with zero attached hydrogens (tertiary/aromatic N) is 4. The molecule has 0 bridgehead atoms. The van der Waals surface area contributed by atoms with Gasteiger partial charge in [-0.25, -0.2) is 0 Å². The lowest BCUT2D eigenvalue weighted by atomic mass is 9.82. The number of hydrogen-bond donors (Lipinski definition) is 0. The smallest absolute Gasteiger partial charge is 0.0465 e. The molecular formula is C78H62N4. The zero-order valence-corrected chi connectivity index (χ0v) is 46.7. The third-order valence-corrected chi connectivity index (χ3v) is 17.0. The van der Waals surface area contributed by atoms with Crippen LogP contribution in [0.2, 0.25) is 0 Å². The normalized spacial score (nSPS) is 13.1. The lowest BCUT2D eigenvalue weighted by Crippen LogP contribution is -2.16. The second-order valence-corrected chi connectivity index (χ2v) is 22.6. The van der Waals surface area contributed by atoms with Gasteiger partial charge in [0.05, 0.1) is 0 Å². The number of rotatable bonds is 13. The average Bonchev–Trinajstić information content (AvgIpc) is 3.35. The van der Waals surface area contributed by atoms with Gasteiger partial charge in [0, 0.05) is 79.1 Å². The molecule has 0 atom stereocenters. The van der Waals surface area contributed by atoms with Crippen molar-refractivity contribution < 1.29 is 0 Å². The summed E-state index contributed by atoms with van der Waals surface area (Å²) in [5.74, 6) is 0. The number of para-hydroxylation sites is 4. The molecule has 0 saturated carbocycles. The minimum atomic E-state index is -0.110. The molecule has 2 aliphatic carbocycles. The van der Waals surface area contributed by atoms with Crippen molar-refractivity contribution in [3.8, 4) is 33.4 Å². The van der Waals surface area contributed by atoms with E-state index in [4.69, 9.17) is 0 Å². The summed E-state index contributed by atoms with van der Waals surface area (Å²) >= 11 is 0. The first kappa shape index (κ1) is 50.1. The van der Waals surface area contributed by atoms with Crippen molar-refractivity contribution in [2.45, 2.75) is 38.5 Å². The SMILES string of the molecule is CC1(C)c2ccccc2-c2ccc(N(c3ccccc3)c3ccc(-c4ccc(N(c5ccccc5)c5ccc(N(c6ccccc6)c6ccc(N(c7ccccc7)c7ccc8c(c7)C(C)(C)c7ccccc7-8)cc6)cc5)cc4)cc3)cc21. The van der Waals surface area contributed by atoms with Gasteiger partial charge in [0.15, 0.2) is 0 Å². The summed E-state index contributed by atoms with van der Waals surface area (Å²) in [6.07, 6.45) is 0. The highest BCUT2D eigenvalue weighted by Gasteiger charge is 2.37. The highest BCUT2D eigenvalue weighted by molar-refractivity contribution is 5.89. The Morgan fingerprint density at radius 2 is 0.390 bits per heavy atom. The third-order valence-electron chi connectivity index (χ3n) is 17.0. The molecule has 0 fully saturated rings. The number of anilines is 12. The van der Waals surface area contributed by atoms with Crippen molar-refractivity contribution in [3.05, 3.63) is 326 Å². The molecule has 0 unspecified atom stereocenters. The van der Waals surface area contributed by atoms with Gasteiger partial charge in [-0.1, -0.05) is 185 Å². The molecule has 0 saturated heterocycles. The Labute approximate surface area is 482 Å². The summed E-state index contributed by atoms with van der Waals surface area (Å²) in [4.78, 5) is 9.43. The van der Waals surface area contributed by atoms with Crippen molar-refractivity contribution >= 4 is 68.2 Å². The van der Waals surface area contributed by atoms with Crippen LogP contribution in [0.3, 0.4) is 0 Å². The zero-order chi connectivity index (χ0) is 55.4. The third kappa shape index (κ3) is 8.81. The fraction of sp³-hybridized carbons (Fsp3) is 0.0769. The number of hydrogen-bond acceptors (Lipinski definition) is 4. The zero-order valence-electron chi connectivity index (χ0n) is 46.7. The van der Waals surface area contributed by atoms with E-state index in [1.165, 1.54) is 44.5 Å². The van der Waals surface area contributed by atoms with E-state index in [0.717, 1.165) is 79.4 Å². The molecule has 0 N–H and O–H groups in total. The lowest BCUT2D eigenvalue weighted by molar-refractivity contribution is 0.660. The van der Waals surface area contributed by atoms with Crippen LogP contribution in [0.4, 0.5) is 68.2 Å². The molecular weight excluding hydrogens is 993 g/mol. The Hall–Kier alpha value is -10.2. The summed E-state index contributed by atoms with van der Waals surface area (Å²) in [6.45, 7) is 9.39. The molecule has 4 heteroatoms. The molecule has 82 heavy (non-hydrogen) atoms. The number of fused-ring (bicyclic) bond motifs is 6. The van der Waals surface area contributed by atoms with E-state index in [-0.39, 0.29) is 10.8 Å². The largest absolute Gasteiger partial charge is 0.311 e. The maximum absolute atomic E-state index is 2.40. The van der Waals surface area contributed by atoms with E-state index in [9.17, 15) is 0 Å². The van der Waals surface area contributed by atoms with Gasteiger partial charge in [-0.05, 0) is 201 Å². The van der Waals surface area contributed by atoms with Gasteiger partial charge in [0.2, 0.25) is 0 Å². The van der Waals surface area contributed by atoms with Crippen LogP contribution in [0.1, 0.15) is 49.9 Å². The van der Waals surface area contributed by atoms with Crippen molar-refractivity contribution in [1.82, 2.24) is 0 Å². The van der Waals surface area contributed by atoms with Crippen LogP contribution in [-0.4, -0.2) is 0 Å². The van der Waals surface area contributed by atoms with E-state index < -0.39 is 0 Å². The van der Waals surface area contributed by atoms with Gasteiger partial charge >= 0.3 is 0 Å². The average molecular weight is 1060 g/mol. The molecule has 0 radical (unpaired) electrons. The predicted octanol–water partition coefficient (Wildman–Crippen LogP) is 21.8. The minimum absolute atomic E-state index is 0.0952. The Morgan fingerprint density at radius 1 is 0.183 bits per heavy atom. The van der Waals surface area contributed by atoms with E-state index in [0.29, 0.717) is 0 Å². The molecule has 4 nitrogen and oxygen atoms in total. The van der Waals surface area contributed by atoms with Crippen molar-refractivity contribution in [2.75, 3.05) is 19.6 Å². The van der Waals surface area contributed by atoms with Crippen LogP contribution in [0, 0.1) is 0 Å². The molecule has 12 aromatic rings. The van der Waals surface area contributed by atoms with Crippen LogP contribution in [0.25, 0.3) is 33.4 Å². The Kier molecular flexibility index (Phi) is 12.5. The highest BCUT2D eigenvalue weighted by Crippen LogP contribution is 2.53. The van der Waals surface area contributed by atoms with Crippen LogP contribution < -0.4 is 19.6 Å². The molecule has 394 valence electrons. The van der Waals surface area contributed by atoms with Crippen LogP contribution >= 0.6 is 0 Å². The lowest BCUT2D eigenvalue weighted by Gasteiger charge is -2.30. The second kappa shape index (κ2) is 20.5.